The molecule has 0 saturated heterocycles. The van der Waals surface area contributed by atoms with E-state index in [1.54, 1.807) is 17.0 Å². The molecule has 3 amide bonds. The fourth-order valence-corrected chi connectivity index (χ4v) is 4.70. The minimum Gasteiger partial charge on any atom is -0.488 e. The van der Waals surface area contributed by atoms with E-state index in [1.807, 2.05) is 69.6 Å². The number of anilines is 2. The Bertz CT molecular complexity index is 1260. The third kappa shape index (κ3) is 6.39. The predicted molar refractivity (Wildman–Crippen MR) is 147 cm³/mol. The molecule has 4 rings (SSSR count). The Morgan fingerprint density at radius 2 is 1.89 bits per heavy atom. The van der Waals surface area contributed by atoms with E-state index in [1.165, 1.54) is 0 Å². The zero-order valence-electron chi connectivity index (χ0n) is 21.9. The zero-order valence-corrected chi connectivity index (χ0v) is 21.9. The van der Waals surface area contributed by atoms with Crippen LogP contribution in [-0.2, 0) is 11.2 Å². The number of likely N-dealkylation sites (N-methyl/N-ethyl adjacent to an activating group) is 1. The molecule has 0 unspecified atom stereocenters. The first kappa shape index (κ1) is 26.4. The third-order valence-electron chi connectivity index (χ3n) is 6.76. The molecule has 37 heavy (non-hydrogen) atoms. The standard InChI is InChI=1S/C29H36N4O4/c1-19-16-33(20(2)18-34)28(35)15-22-14-23(12-13-26(22)37-27(19)17-32(3)4)30-29(36)31-25-11-7-9-21-8-5-6-10-24(21)25/h5-14,19-20,27,34H,15-18H2,1-4H3,(H2,30,31,36)/t19-,20+,27-/m0/s1. The second kappa shape index (κ2) is 11.6. The van der Waals surface area contributed by atoms with Crippen LogP contribution in [0.15, 0.2) is 60.7 Å². The van der Waals surface area contributed by atoms with E-state index in [2.05, 4.69) is 22.5 Å². The Hall–Kier alpha value is -3.62. The normalized spacial score (nSPS) is 18.9. The van der Waals surface area contributed by atoms with Crippen molar-refractivity contribution < 1.29 is 19.4 Å². The molecule has 1 heterocycles. The average Bonchev–Trinajstić information content (AvgIpc) is 2.91. The van der Waals surface area contributed by atoms with Crippen LogP contribution < -0.4 is 15.4 Å². The molecule has 3 atom stereocenters. The van der Waals surface area contributed by atoms with Crippen molar-refractivity contribution in [3.8, 4) is 5.75 Å². The number of benzene rings is 3. The maximum Gasteiger partial charge on any atom is 0.323 e. The summed E-state index contributed by atoms with van der Waals surface area (Å²) in [4.78, 5) is 30.0. The van der Waals surface area contributed by atoms with Crippen LogP contribution in [0.5, 0.6) is 5.75 Å². The number of aliphatic hydroxyl groups excluding tert-OH is 1. The summed E-state index contributed by atoms with van der Waals surface area (Å²) in [5, 5.41) is 17.6. The predicted octanol–water partition coefficient (Wildman–Crippen LogP) is 4.19. The van der Waals surface area contributed by atoms with Gasteiger partial charge in [0.15, 0.2) is 0 Å². The molecule has 8 heteroatoms. The summed E-state index contributed by atoms with van der Waals surface area (Å²) >= 11 is 0. The Balaban J connectivity index is 1.58. The summed E-state index contributed by atoms with van der Waals surface area (Å²) in [7, 11) is 3.98. The molecule has 3 aromatic carbocycles. The molecule has 8 nitrogen and oxygen atoms in total. The van der Waals surface area contributed by atoms with Crippen LogP contribution in [0.4, 0.5) is 16.2 Å². The van der Waals surface area contributed by atoms with Crippen LogP contribution in [0.2, 0.25) is 0 Å². The Morgan fingerprint density at radius 1 is 1.14 bits per heavy atom. The van der Waals surface area contributed by atoms with Crippen molar-refractivity contribution in [2.75, 3.05) is 44.4 Å². The number of hydrogen-bond acceptors (Lipinski definition) is 5. The highest BCUT2D eigenvalue weighted by Gasteiger charge is 2.30. The zero-order chi connectivity index (χ0) is 26.5. The largest absolute Gasteiger partial charge is 0.488 e. The first-order chi connectivity index (χ1) is 17.7. The summed E-state index contributed by atoms with van der Waals surface area (Å²) in [6.07, 6.45) is -0.0387. The average molecular weight is 505 g/mol. The van der Waals surface area contributed by atoms with Gasteiger partial charge in [0.25, 0.3) is 0 Å². The second-order valence-corrected chi connectivity index (χ2v) is 10.1. The van der Waals surface area contributed by atoms with E-state index < -0.39 is 0 Å². The molecule has 0 spiro atoms. The number of rotatable bonds is 6. The van der Waals surface area contributed by atoms with Gasteiger partial charge in [0, 0.05) is 35.6 Å². The summed E-state index contributed by atoms with van der Waals surface area (Å²) in [5.41, 5.74) is 1.97. The van der Waals surface area contributed by atoms with E-state index in [4.69, 9.17) is 4.74 Å². The van der Waals surface area contributed by atoms with Gasteiger partial charge in [-0.05, 0) is 50.7 Å². The molecule has 0 radical (unpaired) electrons. The number of nitrogens with zero attached hydrogens (tertiary/aromatic N) is 2. The number of carbonyl (C=O) groups is 2. The van der Waals surface area contributed by atoms with Gasteiger partial charge in [0.2, 0.25) is 5.91 Å². The maximum absolute atomic E-state index is 13.3. The lowest BCUT2D eigenvalue weighted by Crippen LogP contribution is -2.47. The molecule has 1 aliphatic rings. The van der Waals surface area contributed by atoms with E-state index in [0.717, 1.165) is 10.8 Å². The fourth-order valence-electron chi connectivity index (χ4n) is 4.70. The van der Waals surface area contributed by atoms with Gasteiger partial charge in [-0.1, -0.05) is 43.3 Å². The summed E-state index contributed by atoms with van der Waals surface area (Å²) in [5.74, 6) is 0.599. The number of ether oxygens (including phenoxy) is 1. The number of fused-ring (bicyclic) bond motifs is 2. The van der Waals surface area contributed by atoms with Crippen LogP contribution in [-0.4, -0.2) is 72.8 Å². The molecule has 1 aliphatic heterocycles. The molecular weight excluding hydrogens is 468 g/mol. The number of aliphatic hydroxyl groups is 1. The van der Waals surface area contributed by atoms with Gasteiger partial charge in [0.1, 0.15) is 11.9 Å². The molecule has 3 N–H and O–H groups in total. The molecule has 0 fully saturated rings. The third-order valence-corrected chi connectivity index (χ3v) is 6.76. The highest BCUT2D eigenvalue weighted by molar-refractivity contribution is 6.06. The Kier molecular flexibility index (Phi) is 8.31. The van der Waals surface area contributed by atoms with Crippen molar-refractivity contribution in [2.24, 2.45) is 5.92 Å². The SMILES string of the molecule is C[C@H](CO)N1C[C@H](C)[C@H](CN(C)C)Oc2ccc(NC(=O)Nc3cccc4ccccc34)cc2CC1=O. The van der Waals surface area contributed by atoms with Gasteiger partial charge in [-0.15, -0.1) is 0 Å². The van der Waals surface area contributed by atoms with Crippen LogP contribution in [0, 0.1) is 5.92 Å². The van der Waals surface area contributed by atoms with Crippen molar-refractivity contribution in [3.05, 3.63) is 66.2 Å². The van der Waals surface area contributed by atoms with Gasteiger partial charge >= 0.3 is 6.03 Å². The lowest BCUT2D eigenvalue weighted by Gasteiger charge is -2.33. The molecule has 3 aromatic rings. The van der Waals surface area contributed by atoms with E-state index in [0.29, 0.717) is 35.8 Å². The van der Waals surface area contributed by atoms with E-state index in [-0.39, 0.29) is 43.0 Å². The van der Waals surface area contributed by atoms with E-state index >= 15 is 0 Å². The van der Waals surface area contributed by atoms with Crippen molar-refractivity contribution in [3.63, 3.8) is 0 Å². The van der Waals surface area contributed by atoms with Crippen LogP contribution in [0.3, 0.4) is 0 Å². The maximum atomic E-state index is 13.3. The number of carbonyl (C=O) groups excluding carboxylic acids is 2. The number of urea groups is 1. The lowest BCUT2D eigenvalue weighted by molar-refractivity contribution is -0.134. The van der Waals surface area contributed by atoms with Crippen LogP contribution >= 0.6 is 0 Å². The van der Waals surface area contributed by atoms with Crippen molar-refractivity contribution in [1.29, 1.82) is 0 Å². The highest BCUT2D eigenvalue weighted by Crippen LogP contribution is 2.29. The molecule has 0 saturated carbocycles. The molecule has 0 aliphatic carbocycles. The van der Waals surface area contributed by atoms with Crippen molar-refractivity contribution >= 4 is 34.1 Å². The van der Waals surface area contributed by atoms with Crippen molar-refractivity contribution in [2.45, 2.75) is 32.4 Å². The molecule has 196 valence electrons. The number of nitrogens with one attached hydrogen (secondary N) is 2. The Labute approximate surface area is 218 Å². The number of hydrogen-bond donors (Lipinski definition) is 3. The fraction of sp³-hybridized carbons (Fsp3) is 0.379. The second-order valence-electron chi connectivity index (χ2n) is 10.1. The number of amides is 3. The summed E-state index contributed by atoms with van der Waals surface area (Å²) < 4.78 is 6.44. The first-order valence-electron chi connectivity index (χ1n) is 12.7. The Morgan fingerprint density at radius 3 is 2.65 bits per heavy atom. The molecule has 0 bridgehead atoms. The van der Waals surface area contributed by atoms with E-state index in [9.17, 15) is 14.7 Å². The van der Waals surface area contributed by atoms with Gasteiger partial charge in [-0.3, -0.25) is 4.79 Å². The smallest absolute Gasteiger partial charge is 0.323 e. The summed E-state index contributed by atoms with van der Waals surface area (Å²) in [6.45, 7) is 4.98. The highest BCUT2D eigenvalue weighted by atomic mass is 16.5. The quantitative estimate of drug-likeness (QED) is 0.468. The van der Waals surface area contributed by atoms with Crippen molar-refractivity contribution in [1.82, 2.24) is 9.80 Å². The van der Waals surface area contributed by atoms with Crippen LogP contribution in [0.1, 0.15) is 19.4 Å². The van der Waals surface area contributed by atoms with Crippen LogP contribution in [0.25, 0.3) is 10.8 Å². The van der Waals surface area contributed by atoms with Gasteiger partial charge in [-0.25, -0.2) is 4.79 Å². The van der Waals surface area contributed by atoms with Gasteiger partial charge in [0.05, 0.1) is 24.8 Å². The summed E-state index contributed by atoms with van der Waals surface area (Å²) in [6, 6.07) is 18.3. The minimum absolute atomic E-state index is 0.0515. The first-order valence-corrected chi connectivity index (χ1v) is 12.7. The van der Waals surface area contributed by atoms with Gasteiger partial charge in [-0.2, -0.15) is 0 Å². The topological polar surface area (TPSA) is 94.1 Å². The molecule has 0 aromatic heterocycles. The van der Waals surface area contributed by atoms with Gasteiger partial charge < -0.3 is 30.3 Å². The lowest BCUT2D eigenvalue weighted by atomic mass is 10.0. The molecular formula is C29H36N4O4. The minimum atomic E-state index is -0.374. The monoisotopic (exact) mass is 504 g/mol.